The molecule has 4 heteroatoms. The van der Waals surface area contributed by atoms with Gasteiger partial charge in [-0.1, -0.05) is 30.3 Å². The van der Waals surface area contributed by atoms with E-state index >= 15 is 0 Å². The van der Waals surface area contributed by atoms with Gasteiger partial charge in [0.05, 0.1) is 5.92 Å². The van der Waals surface area contributed by atoms with Crippen LogP contribution in [0.1, 0.15) is 18.4 Å². The fourth-order valence-corrected chi connectivity index (χ4v) is 1.99. The third-order valence-electron chi connectivity index (χ3n) is 3.13. The Bertz CT molecular complexity index is 402. The molecule has 2 atom stereocenters. The second-order valence-electron chi connectivity index (χ2n) is 3.97. The predicted molar refractivity (Wildman–Crippen MR) is 49.9 cm³/mol. The summed E-state index contributed by atoms with van der Waals surface area (Å²) in [6, 6.07) is 8.04. The van der Waals surface area contributed by atoms with Gasteiger partial charge in [0.15, 0.2) is 0 Å². The Labute approximate surface area is 85.5 Å². The molecule has 0 amide bonds. The van der Waals surface area contributed by atoms with Gasteiger partial charge in [-0.2, -0.15) is 0 Å². The van der Waals surface area contributed by atoms with Gasteiger partial charge < -0.3 is 5.11 Å². The van der Waals surface area contributed by atoms with Gasteiger partial charge in [0.1, 0.15) is 5.41 Å². The Kier molecular flexibility index (Phi) is 1.87. The maximum Gasteiger partial charge on any atom is 0.316 e. The number of hydrogen-bond acceptors (Lipinski definition) is 1. The molecule has 0 radical (unpaired) electrons. The number of carboxylic acid groups (broad SMARTS) is 1. The smallest absolute Gasteiger partial charge is 0.316 e. The van der Waals surface area contributed by atoms with Crippen molar-refractivity contribution in [1.82, 2.24) is 0 Å². The first-order valence-electron chi connectivity index (χ1n) is 4.58. The van der Waals surface area contributed by atoms with Crippen LogP contribution in [0.5, 0.6) is 0 Å². The van der Waals surface area contributed by atoms with Crippen molar-refractivity contribution in [2.45, 2.75) is 18.8 Å². The van der Waals surface area contributed by atoms with Crippen molar-refractivity contribution < 1.29 is 18.7 Å². The van der Waals surface area contributed by atoms with Gasteiger partial charge in [-0.05, 0) is 12.5 Å². The number of aliphatic carboxylic acids is 1. The zero-order chi connectivity index (χ0) is 11.3. The first-order valence-corrected chi connectivity index (χ1v) is 4.58. The second-order valence-corrected chi connectivity index (χ2v) is 3.97. The number of benzene rings is 1. The first-order chi connectivity index (χ1) is 6.92. The van der Waals surface area contributed by atoms with Crippen molar-refractivity contribution in [1.29, 1.82) is 0 Å². The summed E-state index contributed by atoms with van der Waals surface area (Å²) in [5.41, 5.74) is -1.57. The van der Waals surface area contributed by atoms with Gasteiger partial charge in [0.2, 0.25) is 0 Å². The molecule has 1 aromatic rings. The number of carboxylic acids is 1. The van der Waals surface area contributed by atoms with E-state index in [0.717, 1.165) is 6.92 Å². The highest BCUT2D eigenvalue weighted by atomic mass is 19.3. The van der Waals surface area contributed by atoms with Gasteiger partial charge >= 0.3 is 5.97 Å². The number of rotatable bonds is 2. The molecule has 15 heavy (non-hydrogen) atoms. The zero-order valence-corrected chi connectivity index (χ0v) is 8.08. The van der Waals surface area contributed by atoms with E-state index in [1.165, 1.54) is 12.1 Å². The van der Waals surface area contributed by atoms with Crippen molar-refractivity contribution in [3.05, 3.63) is 35.9 Å². The summed E-state index contributed by atoms with van der Waals surface area (Å²) in [4.78, 5) is 10.8. The lowest BCUT2D eigenvalue weighted by Crippen LogP contribution is -2.18. The molecule has 0 aromatic heterocycles. The third kappa shape index (κ3) is 1.11. The normalized spacial score (nSPS) is 32.3. The number of halogens is 2. The molecule has 1 aromatic carbocycles. The van der Waals surface area contributed by atoms with Crippen LogP contribution in [0.25, 0.3) is 0 Å². The summed E-state index contributed by atoms with van der Waals surface area (Å²) in [6.45, 7) is 1.09. The van der Waals surface area contributed by atoms with Gasteiger partial charge in [-0.25, -0.2) is 8.78 Å². The average Bonchev–Trinajstić information content (AvgIpc) is 2.64. The molecule has 1 saturated carbocycles. The molecule has 1 aliphatic rings. The van der Waals surface area contributed by atoms with Crippen LogP contribution in [0, 0.1) is 5.41 Å². The molecule has 2 nitrogen and oxygen atoms in total. The van der Waals surface area contributed by atoms with Crippen LogP contribution in [0.15, 0.2) is 30.3 Å². The second kappa shape index (κ2) is 2.78. The molecule has 80 valence electrons. The SMILES string of the molecule is C[C@@]1(C(=O)O)[C@H](c2ccccc2)C1(F)F. The fraction of sp³-hybridized carbons (Fsp3) is 0.364. The summed E-state index contributed by atoms with van der Waals surface area (Å²) < 4.78 is 26.8. The Morgan fingerprint density at radius 3 is 2.27 bits per heavy atom. The highest BCUT2D eigenvalue weighted by Crippen LogP contribution is 2.71. The topological polar surface area (TPSA) is 37.3 Å². The maximum atomic E-state index is 13.4. The van der Waals surface area contributed by atoms with Crippen LogP contribution in [0.3, 0.4) is 0 Å². The summed E-state index contributed by atoms with van der Waals surface area (Å²) in [5, 5.41) is 8.80. The first kappa shape index (κ1) is 10.1. The van der Waals surface area contributed by atoms with Gasteiger partial charge in [-0.3, -0.25) is 4.79 Å². The van der Waals surface area contributed by atoms with Crippen molar-refractivity contribution in [3.8, 4) is 0 Å². The number of carbonyl (C=O) groups is 1. The van der Waals surface area contributed by atoms with Crippen LogP contribution in [-0.4, -0.2) is 17.0 Å². The Balaban J connectivity index is 2.39. The summed E-state index contributed by atoms with van der Waals surface area (Å²) in [6.07, 6.45) is 0. The molecular weight excluding hydrogens is 202 g/mol. The summed E-state index contributed by atoms with van der Waals surface area (Å²) in [7, 11) is 0. The lowest BCUT2D eigenvalue weighted by atomic mass is 10.0. The molecule has 1 fully saturated rings. The zero-order valence-electron chi connectivity index (χ0n) is 8.08. The Morgan fingerprint density at radius 1 is 1.33 bits per heavy atom. The van der Waals surface area contributed by atoms with E-state index in [2.05, 4.69) is 0 Å². The van der Waals surface area contributed by atoms with Crippen molar-refractivity contribution in [3.63, 3.8) is 0 Å². The van der Waals surface area contributed by atoms with Crippen LogP contribution < -0.4 is 0 Å². The van der Waals surface area contributed by atoms with Crippen LogP contribution in [-0.2, 0) is 4.79 Å². The van der Waals surface area contributed by atoms with Gasteiger partial charge in [-0.15, -0.1) is 0 Å². The Morgan fingerprint density at radius 2 is 1.87 bits per heavy atom. The summed E-state index contributed by atoms with van der Waals surface area (Å²) in [5.74, 6) is -5.80. The van der Waals surface area contributed by atoms with E-state index in [1.54, 1.807) is 18.2 Å². The van der Waals surface area contributed by atoms with E-state index in [0.29, 0.717) is 5.56 Å². The van der Waals surface area contributed by atoms with E-state index in [1.807, 2.05) is 0 Å². The molecule has 0 bridgehead atoms. The predicted octanol–water partition coefficient (Wildman–Crippen LogP) is 2.51. The monoisotopic (exact) mass is 212 g/mol. The average molecular weight is 212 g/mol. The minimum absolute atomic E-state index is 0.382. The van der Waals surface area contributed by atoms with E-state index in [9.17, 15) is 13.6 Å². The third-order valence-corrected chi connectivity index (χ3v) is 3.13. The number of alkyl halides is 2. The molecule has 0 saturated heterocycles. The lowest BCUT2D eigenvalue weighted by molar-refractivity contribution is -0.146. The minimum atomic E-state index is -3.15. The van der Waals surface area contributed by atoms with Gasteiger partial charge in [0, 0.05) is 0 Å². The van der Waals surface area contributed by atoms with Crippen LogP contribution >= 0.6 is 0 Å². The largest absolute Gasteiger partial charge is 0.481 e. The molecule has 0 unspecified atom stereocenters. The van der Waals surface area contributed by atoms with Gasteiger partial charge in [0.25, 0.3) is 5.92 Å². The van der Waals surface area contributed by atoms with Crippen molar-refractivity contribution in [2.24, 2.45) is 5.41 Å². The lowest BCUT2D eigenvalue weighted by Gasteiger charge is -2.01. The Hall–Kier alpha value is -1.45. The summed E-state index contributed by atoms with van der Waals surface area (Å²) >= 11 is 0. The molecule has 1 N–H and O–H groups in total. The van der Waals surface area contributed by atoms with E-state index in [-0.39, 0.29) is 0 Å². The van der Waals surface area contributed by atoms with Crippen LogP contribution in [0.2, 0.25) is 0 Å². The standard InChI is InChI=1S/C11H10F2O2/c1-10(9(14)15)8(11(10,12)13)7-5-3-2-4-6-7/h2-6,8H,1H3,(H,14,15)/t8-,10-/m0/s1. The van der Waals surface area contributed by atoms with E-state index < -0.39 is 23.2 Å². The molecular formula is C11H10F2O2. The quantitative estimate of drug-likeness (QED) is 0.817. The highest BCUT2D eigenvalue weighted by molar-refractivity contribution is 5.83. The van der Waals surface area contributed by atoms with Crippen molar-refractivity contribution >= 4 is 5.97 Å². The molecule has 0 aliphatic heterocycles. The maximum absolute atomic E-state index is 13.4. The fourth-order valence-electron chi connectivity index (χ4n) is 1.99. The number of hydrogen-bond donors (Lipinski definition) is 1. The molecule has 0 heterocycles. The highest BCUT2D eigenvalue weighted by Gasteiger charge is 2.82. The molecule has 1 aliphatic carbocycles. The molecule has 0 spiro atoms. The van der Waals surface area contributed by atoms with Crippen molar-refractivity contribution in [2.75, 3.05) is 0 Å². The van der Waals surface area contributed by atoms with Crippen LogP contribution in [0.4, 0.5) is 8.78 Å². The minimum Gasteiger partial charge on any atom is -0.481 e. The van der Waals surface area contributed by atoms with E-state index in [4.69, 9.17) is 5.11 Å². The molecule has 2 rings (SSSR count).